The van der Waals surface area contributed by atoms with Crippen LogP contribution in [0.3, 0.4) is 0 Å². The fourth-order valence-electron chi connectivity index (χ4n) is 6.31. The number of hydrogen-bond acceptors (Lipinski definition) is 6. The van der Waals surface area contributed by atoms with Crippen molar-refractivity contribution in [3.63, 3.8) is 0 Å². The molecule has 2 aromatic rings. The van der Waals surface area contributed by atoms with Gasteiger partial charge >= 0.3 is 6.09 Å². The van der Waals surface area contributed by atoms with Crippen LogP contribution in [0.25, 0.3) is 0 Å². The number of fused-ring (bicyclic) bond motifs is 1. The molecule has 0 radical (unpaired) electrons. The van der Waals surface area contributed by atoms with Gasteiger partial charge in [0, 0.05) is 55.5 Å². The fourth-order valence-corrected chi connectivity index (χ4v) is 6.31. The summed E-state index contributed by atoms with van der Waals surface area (Å²) in [6.07, 6.45) is 3.26. The molecule has 2 aromatic carbocycles. The van der Waals surface area contributed by atoms with Gasteiger partial charge in [0.2, 0.25) is 11.8 Å². The number of imide groups is 1. The van der Waals surface area contributed by atoms with Gasteiger partial charge in [-0.2, -0.15) is 0 Å². The maximum absolute atomic E-state index is 13.2. The molecule has 2 atom stereocenters. The Bertz CT molecular complexity index is 1260. The van der Waals surface area contributed by atoms with Gasteiger partial charge in [-0.25, -0.2) is 4.79 Å². The lowest BCUT2D eigenvalue weighted by molar-refractivity contribution is -0.136. The van der Waals surface area contributed by atoms with E-state index in [4.69, 9.17) is 4.74 Å². The molecule has 0 spiro atoms. The van der Waals surface area contributed by atoms with Crippen molar-refractivity contribution in [1.82, 2.24) is 15.1 Å². The van der Waals surface area contributed by atoms with E-state index in [2.05, 4.69) is 16.3 Å². The predicted octanol–water partition coefficient (Wildman–Crippen LogP) is 3.08. The summed E-state index contributed by atoms with van der Waals surface area (Å²) in [5.74, 6) is -0.355. The van der Waals surface area contributed by atoms with Gasteiger partial charge in [0.05, 0.1) is 0 Å². The van der Waals surface area contributed by atoms with Gasteiger partial charge in [-0.1, -0.05) is 36.4 Å². The smallest absolute Gasteiger partial charge is 0.410 e. The summed E-state index contributed by atoms with van der Waals surface area (Å²) < 4.78 is 5.52. The lowest BCUT2D eigenvalue weighted by Gasteiger charge is -2.49. The van der Waals surface area contributed by atoms with Gasteiger partial charge < -0.3 is 19.4 Å². The zero-order chi connectivity index (χ0) is 26.2. The normalized spacial score (nSPS) is 23.7. The molecule has 9 heteroatoms. The molecule has 0 bridgehead atoms. The van der Waals surface area contributed by atoms with Crippen LogP contribution in [0.15, 0.2) is 48.5 Å². The Morgan fingerprint density at radius 2 is 1.68 bits per heavy atom. The highest BCUT2D eigenvalue weighted by atomic mass is 16.6. The van der Waals surface area contributed by atoms with Crippen LogP contribution in [0.4, 0.5) is 10.5 Å². The second-order valence-corrected chi connectivity index (χ2v) is 10.6. The summed E-state index contributed by atoms with van der Waals surface area (Å²) in [7, 11) is 0. The van der Waals surface area contributed by atoms with Gasteiger partial charge in [-0.3, -0.25) is 19.7 Å². The minimum Gasteiger partial charge on any atom is -0.445 e. The van der Waals surface area contributed by atoms with Crippen LogP contribution in [0.2, 0.25) is 0 Å². The van der Waals surface area contributed by atoms with Crippen molar-refractivity contribution < 1.29 is 23.9 Å². The van der Waals surface area contributed by atoms with E-state index in [0.29, 0.717) is 43.6 Å². The number of ether oxygens (including phenoxy) is 1. The quantitative estimate of drug-likeness (QED) is 0.614. The van der Waals surface area contributed by atoms with E-state index in [-0.39, 0.29) is 36.8 Å². The van der Waals surface area contributed by atoms with Gasteiger partial charge in [0.1, 0.15) is 12.6 Å². The highest BCUT2D eigenvalue weighted by Crippen LogP contribution is 2.41. The van der Waals surface area contributed by atoms with Crippen LogP contribution < -0.4 is 10.2 Å². The summed E-state index contributed by atoms with van der Waals surface area (Å²) in [6.45, 7) is 2.94. The van der Waals surface area contributed by atoms with Crippen molar-refractivity contribution >= 4 is 29.5 Å². The monoisotopic (exact) mass is 516 g/mol. The number of rotatable bonds is 5. The Balaban J connectivity index is 1.08. The van der Waals surface area contributed by atoms with Crippen molar-refractivity contribution in [1.29, 1.82) is 0 Å². The molecule has 4 aliphatic rings. The minimum atomic E-state index is -0.612. The highest BCUT2D eigenvalue weighted by Gasteiger charge is 2.43. The Morgan fingerprint density at radius 1 is 0.895 bits per heavy atom. The summed E-state index contributed by atoms with van der Waals surface area (Å²) in [5, 5.41) is 2.37. The van der Waals surface area contributed by atoms with Crippen molar-refractivity contribution in [3.05, 3.63) is 65.2 Å². The zero-order valence-corrected chi connectivity index (χ0v) is 21.3. The first-order valence-corrected chi connectivity index (χ1v) is 13.5. The van der Waals surface area contributed by atoms with E-state index in [1.165, 1.54) is 0 Å². The number of piperidine rings is 2. The van der Waals surface area contributed by atoms with Gasteiger partial charge in [0.25, 0.3) is 5.91 Å². The standard InChI is InChI=1S/C29H32N4O5/c34-26-10-9-25(27(35)30-26)33-17-22-21(28(33)36)7-4-8-24(22)32-16-13-23(32)20-11-14-31(15-12-20)29(37)38-18-19-5-2-1-3-6-19/h1-8,20,23,25H,9-18H2,(H,30,34,35)/t23-,25-/m0/s1. The first-order chi connectivity index (χ1) is 18.5. The van der Waals surface area contributed by atoms with Crippen LogP contribution in [0, 0.1) is 5.92 Å². The second kappa shape index (κ2) is 10.1. The number of amides is 4. The average molecular weight is 517 g/mol. The Labute approximate surface area is 221 Å². The molecule has 4 amide bonds. The molecule has 3 fully saturated rings. The van der Waals surface area contributed by atoms with Crippen molar-refractivity contribution in [2.45, 2.75) is 57.3 Å². The van der Waals surface area contributed by atoms with Gasteiger partial charge in [0.15, 0.2) is 0 Å². The number of nitrogens with zero attached hydrogens (tertiary/aromatic N) is 3. The molecule has 0 aliphatic carbocycles. The molecule has 38 heavy (non-hydrogen) atoms. The number of likely N-dealkylation sites (tertiary alicyclic amines) is 1. The second-order valence-electron chi connectivity index (χ2n) is 10.6. The molecule has 4 aliphatic heterocycles. The summed E-state index contributed by atoms with van der Waals surface area (Å²) in [5.41, 5.74) is 3.65. The van der Waals surface area contributed by atoms with E-state index in [0.717, 1.165) is 42.6 Å². The Hall–Kier alpha value is -3.88. The van der Waals surface area contributed by atoms with E-state index in [1.807, 2.05) is 42.5 Å². The largest absolute Gasteiger partial charge is 0.445 e. The topological polar surface area (TPSA) is 99.3 Å². The third-order valence-electron chi connectivity index (χ3n) is 8.48. The SMILES string of the molecule is O=C1CC[C@H](N2Cc3c(cccc3N3CC[C@H]3C3CCN(C(=O)OCc4ccccc4)CC3)C2=O)C(=O)N1. The molecule has 1 N–H and O–H groups in total. The Morgan fingerprint density at radius 3 is 2.39 bits per heavy atom. The van der Waals surface area contributed by atoms with Gasteiger partial charge in [-0.05, 0) is 49.3 Å². The predicted molar refractivity (Wildman–Crippen MR) is 139 cm³/mol. The maximum Gasteiger partial charge on any atom is 0.410 e. The van der Waals surface area contributed by atoms with Crippen LogP contribution in [0.1, 0.15) is 53.6 Å². The third-order valence-corrected chi connectivity index (χ3v) is 8.48. The van der Waals surface area contributed by atoms with Crippen molar-refractivity contribution in [2.75, 3.05) is 24.5 Å². The van der Waals surface area contributed by atoms with Crippen molar-refractivity contribution in [3.8, 4) is 0 Å². The van der Waals surface area contributed by atoms with E-state index < -0.39 is 6.04 Å². The molecule has 3 saturated heterocycles. The first kappa shape index (κ1) is 24.5. The number of anilines is 1. The molecular weight excluding hydrogens is 484 g/mol. The van der Waals surface area contributed by atoms with E-state index in [9.17, 15) is 19.2 Å². The number of carbonyl (C=O) groups excluding carboxylic acids is 4. The van der Waals surface area contributed by atoms with E-state index >= 15 is 0 Å². The molecule has 0 aromatic heterocycles. The summed E-state index contributed by atoms with van der Waals surface area (Å²) in [6, 6.07) is 15.3. The average Bonchev–Trinajstić information content (AvgIpc) is 3.24. The molecule has 4 heterocycles. The van der Waals surface area contributed by atoms with Gasteiger partial charge in [-0.15, -0.1) is 0 Å². The molecule has 198 valence electrons. The number of carbonyl (C=O) groups is 4. The summed E-state index contributed by atoms with van der Waals surface area (Å²) >= 11 is 0. The molecule has 6 rings (SSSR count). The highest BCUT2D eigenvalue weighted by molar-refractivity contribution is 6.06. The lowest BCUT2D eigenvalue weighted by atomic mass is 9.81. The third kappa shape index (κ3) is 4.50. The molecular formula is C29H32N4O5. The number of hydrogen-bond donors (Lipinski definition) is 1. The zero-order valence-electron chi connectivity index (χ0n) is 21.3. The van der Waals surface area contributed by atoms with Crippen LogP contribution in [-0.2, 0) is 27.5 Å². The number of nitrogens with one attached hydrogen (secondary N) is 1. The number of benzene rings is 2. The molecule has 0 unspecified atom stereocenters. The van der Waals surface area contributed by atoms with Crippen molar-refractivity contribution in [2.24, 2.45) is 5.92 Å². The molecule has 9 nitrogen and oxygen atoms in total. The minimum absolute atomic E-state index is 0.143. The summed E-state index contributed by atoms with van der Waals surface area (Å²) in [4.78, 5) is 55.7. The fraction of sp³-hybridized carbons (Fsp3) is 0.448. The van der Waals surface area contributed by atoms with E-state index in [1.54, 1.807) is 9.80 Å². The molecule has 0 saturated carbocycles. The van der Waals surface area contributed by atoms with Crippen LogP contribution in [-0.4, -0.2) is 65.3 Å². The first-order valence-electron chi connectivity index (χ1n) is 13.5. The Kier molecular flexibility index (Phi) is 6.51. The maximum atomic E-state index is 13.2. The van der Waals surface area contributed by atoms with Crippen LogP contribution in [0.5, 0.6) is 0 Å². The van der Waals surface area contributed by atoms with Crippen LogP contribution >= 0.6 is 0 Å². The lowest BCUT2D eigenvalue weighted by Crippen LogP contribution is -2.55.